The number of aromatic nitrogens is 1. The second-order valence-corrected chi connectivity index (χ2v) is 7.48. The largest absolute Gasteiger partial charge is 0.493 e. The molecular weight excluding hydrogens is 390 g/mol. The van der Waals surface area contributed by atoms with Crippen LogP contribution in [0.15, 0.2) is 42.5 Å². The lowest BCUT2D eigenvalue weighted by atomic mass is 9.90. The molecule has 0 fully saturated rings. The highest BCUT2D eigenvalue weighted by molar-refractivity contribution is 7.16. The number of thiazole rings is 1. The molecule has 8 heteroatoms. The maximum Gasteiger partial charge on any atom is 0.226 e. The topological polar surface area (TPSA) is 81.7 Å². The van der Waals surface area contributed by atoms with Crippen LogP contribution in [0.5, 0.6) is 17.2 Å². The first-order chi connectivity index (χ1) is 14.1. The van der Waals surface area contributed by atoms with Gasteiger partial charge >= 0.3 is 0 Å². The van der Waals surface area contributed by atoms with Crippen molar-refractivity contribution in [1.29, 1.82) is 0 Å². The van der Waals surface area contributed by atoms with Crippen LogP contribution in [0.4, 0.5) is 16.6 Å². The SMILES string of the molecule is COc1ccc([C@@H]2CC(=O)Nc3nc(Nc4ccccc4)sc32)c(OC)c1OC. The summed E-state index contributed by atoms with van der Waals surface area (Å²) in [5.74, 6) is 1.93. The number of nitrogens with one attached hydrogen (secondary N) is 2. The Morgan fingerprint density at radius 3 is 2.48 bits per heavy atom. The van der Waals surface area contributed by atoms with Gasteiger partial charge in [-0.3, -0.25) is 4.79 Å². The number of amides is 1. The zero-order valence-electron chi connectivity index (χ0n) is 16.3. The van der Waals surface area contributed by atoms with Crippen molar-refractivity contribution in [2.45, 2.75) is 12.3 Å². The number of anilines is 3. The number of hydrogen-bond donors (Lipinski definition) is 2. The van der Waals surface area contributed by atoms with Gasteiger partial charge in [0.15, 0.2) is 16.6 Å². The molecule has 1 aliphatic rings. The van der Waals surface area contributed by atoms with Crippen LogP contribution < -0.4 is 24.8 Å². The Morgan fingerprint density at radius 2 is 1.79 bits per heavy atom. The van der Waals surface area contributed by atoms with E-state index in [9.17, 15) is 4.79 Å². The molecule has 2 N–H and O–H groups in total. The monoisotopic (exact) mass is 411 g/mol. The zero-order valence-corrected chi connectivity index (χ0v) is 17.1. The number of hydrogen-bond acceptors (Lipinski definition) is 7. The van der Waals surface area contributed by atoms with Crippen LogP contribution in [0.3, 0.4) is 0 Å². The molecule has 3 aromatic rings. The van der Waals surface area contributed by atoms with E-state index < -0.39 is 0 Å². The van der Waals surface area contributed by atoms with Gasteiger partial charge in [0.05, 0.1) is 26.2 Å². The van der Waals surface area contributed by atoms with Crippen LogP contribution in [0.2, 0.25) is 0 Å². The van der Waals surface area contributed by atoms with Gasteiger partial charge in [-0.15, -0.1) is 0 Å². The highest BCUT2D eigenvalue weighted by atomic mass is 32.1. The van der Waals surface area contributed by atoms with Crippen LogP contribution in [0, 0.1) is 0 Å². The van der Waals surface area contributed by atoms with Crippen molar-refractivity contribution in [3.63, 3.8) is 0 Å². The van der Waals surface area contributed by atoms with Crippen molar-refractivity contribution < 1.29 is 19.0 Å². The van der Waals surface area contributed by atoms with Crippen LogP contribution in [0.1, 0.15) is 22.8 Å². The van der Waals surface area contributed by atoms with Gasteiger partial charge in [-0.05, 0) is 18.2 Å². The summed E-state index contributed by atoms with van der Waals surface area (Å²) in [6.07, 6.45) is 0.297. The van der Waals surface area contributed by atoms with Crippen molar-refractivity contribution >= 4 is 33.9 Å². The second-order valence-electron chi connectivity index (χ2n) is 6.45. The third-order valence-corrected chi connectivity index (χ3v) is 5.84. The molecule has 0 saturated heterocycles. The zero-order chi connectivity index (χ0) is 20.4. The van der Waals surface area contributed by atoms with E-state index in [1.807, 2.05) is 42.5 Å². The Kier molecular flexibility index (Phi) is 5.26. The quantitative estimate of drug-likeness (QED) is 0.626. The molecule has 1 atom stereocenters. The minimum absolute atomic E-state index is 0.0871. The maximum absolute atomic E-state index is 12.4. The first-order valence-corrected chi connectivity index (χ1v) is 9.87. The molecule has 0 spiro atoms. The van der Waals surface area contributed by atoms with E-state index in [0.29, 0.717) is 34.6 Å². The first-order valence-electron chi connectivity index (χ1n) is 9.06. The minimum Gasteiger partial charge on any atom is -0.493 e. The van der Waals surface area contributed by atoms with Crippen molar-refractivity contribution in [2.75, 3.05) is 32.0 Å². The van der Waals surface area contributed by atoms with Crippen molar-refractivity contribution in [3.05, 3.63) is 52.9 Å². The van der Waals surface area contributed by atoms with Crippen LogP contribution in [-0.2, 0) is 4.79 Å². The number of fused-ring (bicyclic) bond motifs is 1. The van der Waals surface area contributed by atoms with Crippen molar-refractivity contribution in [2.24, 2.45) is 0 Å². The van der Waals surface area contributed by atoms with Gasteiger partial charge < -0.3 is 24.8 Å². The fourth-order valence-electron chi connectivity index (χ4n) is 3.47. The molecule has 29 heavy (non-hydrogen) atoms. The summed E-state index contributed by atoms with van der Waals surface area (Å²) in [4.78, 5) is 17.9. The maximum atomic E-state index is 12.4. The van der Waals surface area contributed by atoms with Gasteiger partial charge in [0.2, 0.25) is 11.7 Å². The number of carbonyl (C=O) groups excluding carboxylic acids is 1. The molecule has 0 bridgehead atoms. The molecule has 2 aromatic carbocycles. The lowest BCUT2D eigenvalue weighted by Gasteiger charge is -2.24. The molecule has 7 nitrogen and oxygen atoms in total. The number of para-hydroxylation sites is 1. The smallest absolute Gasteiger partial charge is 0.226 e. The summed E-state index contributed by atoms with van der Waals surface area (Å²) >= 11 is 1.51. The van der Waals surface area contributed by atoms with E-state index in [2.05, 4.69) is 15.6 Å². The van der Waals surface area contributed by atoms with Crippen LogP contribution in [0.25, 0.3) is 0 Å². The van der Waals surface area contributed by atoms with Gasteiger partial charge in [-0.1, -0.05) is 35.6 Å². The molecule has 1 aliphatic heterocycles. The Bertz CT molecular complexity index is 1040. The molecule has 1 aromatic heterocycles. The van der Waals surface area contributed by atoms with Gasteiger partial charge in [-0.25, -0.2) is 4.98 Å². The third-order valence-electron chi connectivity index (χ3n) is 4.75. The molecular formula is C21H21N3O4S. The molecule has 2 heterocycles. The van der Waals surface area contributed by atoms with Gasteiger partial charge in [0.25, 0.3) is 0 Å². The Balaban J connectivity index is 1.76. The van der Waals surface area contributed by atoms with Gasteiger partial charge in [-0.2, -0.15) is 0 Å². The van der Waals surface area contributed by atoms with E-state index in [1.165, 1.54) is 11.3 Å². The number of nitrogens with zero attached hydrogens (tertiary/aromatic N) is 1. The highest BCUT2D eigenvalue weighted by Gasteiger charge is 2.33. The molecule has 0 saturated carbocycles. The van der Waals surface area contributed by atoms with Crippen molar-refractivity contribution in [1.82, 2.24) is 4.98 Å². The molecule has 4 rings (SSSR count). The van der Waals surface area contributed by atoms with Crippen molar-refractivity contribution in [3.8, 4) is 17.2 Å². The Morgan fingerprint density at radius 1 is 1.03 bits per heavy atom. The van der Waals surface area contributed by atoms with E-state index in [-0.39, 0.29) is 11.8 Å². The molecule has 0 aliphatic carbocycles. The van der Waals surface area contributed by atoms with Gasteiger partial charge in [0, 0.05) is 23.6 Å². The number of rotatable bonds is 6. The lowest BCUT2D eigenvalue weighted by Crippen LogP contribution is -2.23. The lowest BCUT2D eigenvalue weighted by molar-refractivity contribution is -0.116. The predicted octanol–water partition coefficient (Wildman–Crippen LogP) is 4.39. The molecule has 1 amide bonds. The highest BCUT2D eigenvalue weighted by Crippen LogP contribution is 2.49. The minimum atomic E-state index is -0.197. The standard InChI is InChI=1S/C21H21N3O4S/c1-26-15-10-9-13(17(27-2)18(15)28-3)14-11-16(25)23-20-19(14)29-21(24-20)22-12-7-5-4-6-8-12/h4-10,14H,11H2,1-3H3,(H,22,24)(H,23,25)/t14-/m0/s1. The molecule has 0 unspecified atom stereocenters. The average molecular weight is 411 g/mol. The molecule has 150 valence electrons. The fraction of sp³-hybridized carbons (Fsp3) is 0.238. The number of ether oxygens (including phenoxy) is 3. The summed E-state index contributed by atoms with van der Waals surface area (Å²) in [5.41, 5.74) is 1.79. The Labute approximate surface area is 172 Å². The van der Waals surface area contributed by atoms with E-state index in [0.717, 1.165) is 16.1 Å². The Hall–Kier alpha value is -3.26. The summed E-state index contributed by atoms with van der Waals surface area (Å²) in [5, 5.41) is 6.89. The van der Waals surface area contributed by atoms with E-state index in [4.69, 9.17) is 14.2 Å². The summed E-state index contributed by atoms with van der Waals surface area (Å²) in [7, 11) is 4.73. The average Bonchev–Trinajstić information content (AvgIpc) is 3.14. The summed E-state index contributed by atoms with van der Waals surface area (Å²) < 4.78 is 16.5. The number of carbonyl (C=O) groups is 1. The number of benzene rings is 2. The second kappa shape index (κ2) is 8.00. The summed E-state index contributed by atoms with van der Waals surface area (Å²) in [6, 6.07) is 13.5. The van der Waals surface area contributed by atoms with Crippen LogP contribution >= 0.6 is 11.3 Å². The van der Waals surface area contributed by atoms with E-state index >= 15 is 0 Å². The van der Waals surface area contributed by atoms with E-state index in [1.54, 1.807) is 21.3 Å². The normalized spacial score (nSPS) is 15.3. The molecule has 0 radical (unpaired) electrons. The van der Waals surface area contributed by atoms with Crippen LogP contribution in [-0.4, -0.2) is 32.2 Å². The fourth-order valence-corrected chi connectivity index (χ4v) is 4.53. The third kappa shape index (κ3) is 3.58. The predicted molar refractivity (Wildman–Crippen MR) is 113 cm³/mol. The first kappa shape index (κ1) is 19.1. The summed E-state index contributed by atoms with van der Waals surface area (Å²) in [6.45, 7) is 0. The number of methoxy groups -OCH3 is 3. The van der Waals surface area contributed by atoms with Gasteiger partial charge in [0.1, 0.15) is 5.82 Å².